The van der Waals surface area contributed by atoms with E-state index in [4.69, 9.17) is 16.3 Å². The number of carbonyl (C=O) groups is 1. The number of ether oxygens (including phenoxy) is 1. The summed E-state index contributed by atoms with van der Waals surface area (Å²) in [7, 11) is 0. The Morgan fingerprint density at radius 2 is 2.26 bits per heavy atom. The van der Waals surface area contributed by atoms with Crippen LogP contribution < -0.4 is 0 Å². The number of carbonyl (C=O) groups excluding carboxylic acids is 1. The number of amides is 1. The molecular formula is C14H17BrClNO2. The quantitative estimate of drug-likeness (QED) is 0.769. The van der Waals surface area contributed by atoms with E-state index in [0.717, 1.165) is 10.9 Å². The molecule has 0 N–H and O–H groups in total. The van der Waals surface area contributed by atoms with E-state index in [1.165, 1.54) is 0 Å². The SMILES string of the molecule is Cc1cc(Cl)cc(C(=O)N2CC(CBr)OCC2C)c1. The molecule has 1 heterocycles. The molecule has 3 nitrogen and oxygen atoms in total. The Kier molecular flexibility index (Phi) is 4.87. The van der Waals surface area contributed by atoms with Crippen LogP contribution in [0.25, 0.3) is 0 Å². The molecule has 1 aliphatic rings. The molecule has 0 aliphatic carbocycles. The molecule has 0 bridgehead atoms. The van der Waals surface area contributed by atoms with Gasteiger partial charge in [-0.15, -0.1) is 0 Å². The Balaban J connectivity index is 2.21. The predicted octanol–water partition coefficient (Wildman–Crippen LogP) is 3.27. The van der Waals surface area contributed by atoms with E-state index < -0.39 is 0 Å². The summed E-state index contributed by atoms with van der Waals surface area (Å²) >= 11 is 9.43. The lowest BCUT2D eigenvalue weighted by Crippen LogP contribution is -2.51. The van der Waals surface area contributed by atoms with Gasteiger partial charge in [-0.3, -0.25) is 4.79 Å². The molecule has 2 unspecified atom stereocenters. The van der Waals surface area contributed by atoms with Gasteiger partial charge in [0.25, 0.3) is 5.91 Å². The minimum atomic E-state index is 0.0207. The predicted molar refractivity (Wildman–Crippen MR) is 80.2 cm³/mol. The molecule has 0 saturated carbocycles. The van der Waals surface area contributed by atoms with Crippen LogP contribution >= 0.6 is 27.5 Å². The summed E-state index contributed by atoms with van der Waals surface area (Å²) in [5.41, 5.74) is 1.64. The lowest BCUT2D eigenvalue weighted by Gasteiger charge is -2.37. The average molecular weight is 347 g/mol. The van der Waals surface area contributed by atoms with Gasteiger partial charge in [0, 0.05) is 22.5 Å². The van der Waals surface area contributed by atoms with Gasteiger partial charge in [-0.1, -0.05) is 27.5 Å². The molecule has 1 aromatic carbocycles. The zero-order valence-electron chi connectivity index (χ0n) is 11.0. The Morgan fingerprint density at radius 1 is 1.53 bits per heavy atom. The highest BCUT2D eigenvalue weighted by molar-refractivity contribution is 9.09. The smallest absolute Gasteiger partial charge is 0.254 e. The van der Waals surface area contributed by atoms with Gasteiger partial charge in [0.15, 0.2) is 0 Å². The highest BCUT2D eigenvalue weighted by atomic mass is 79.9. The van der Waals surface area contributed by atoms with Gasteiger partial charge in [0.2, 0.25) is 0 Å². The fourth-order valence-corrected chi connectivity index (χ4v) is 2.90. The maximum atomic E-state index is 12.6. The van der Waals surface area contributed by atoms with Crippen LogP contribution in [0.2, 0.25) is 5.02 Å². The number of rotatable bonds is 2. The second-order valence-electron chi connectivity index (χ2n) is 4.93. The monoisotopic (exact) mass is 345 g/mol. The molecule has 1 amide bonds. The largest absolute Gasteiger partial charge is 0.373 e. The molecule has 1 fully saturated rings. The van der Waals surface area contributed by atoms with Gasteiger partial charge in [0.05, 0.1) is 18.8 Å². The standard InChI is InChI=1S/C14H17BrClNO2/c1-9-3-11(5-12(16)4-9)14(18)17-7-13(6-15)19-8-10(17)2/h3-5,10,13H,6-8H2,1-2H3. The fourth-order valence-electron chi connectivity index (χ4n) is 2.22. The summed E-state index contributed by atoms with van der Waals surface area (Å²) in [5, 5.41) is 1.33. The van der Waals surface area contributed by atoms with Crippen molar-refractivity contribution in [3.63, 3.8) is 0 Å². The molecule has 104 valence electrons. The number of hydrogen-bond acceptors (Lipinski definition) is 2. The maximum absolute atomic E-state index is 12.6. The first-order valence-corrected chi connectivity index (χ1v) is 7.77. The van der Waals surface area contributed by atoms with E-state index in [1.807, 2.05) is 30.9 Å². The molecule has 1 aliphatic heterocycles. The molecule has 0 spiro atoms. The van der Waals surface area contributed by atoms with Crippen LogP contribution in [0.1, 0.15) is 22.8 Å². The van der Waals surface area contributed by atoms with Crippen LogP contribution in [-0.2, 0) is 4.74 Å². The third-order valence-corrected chi connectivity index (χ3v) is 4.17. The zero-order valence-corrected chi connectivity index (χ0v) is 13.4. The normalized spacial score (nSPS) is 23.5. The maximum Gasteiger partial charge on any atom is 0.254 e. The number of hydrogen-bond donors (Lipinski definition) is 0. The van der Waals surface area contributed by atoms with Crippen LogP contribution in [-0.4, -0.2) is 41.4 Å². The van der Waals surface area contributed by atoms with E-state index in [9.17, 15) is 4.79 Å². The number of halogens is 2. The topological polar surface area (TPSA) is 29.5 Å². The summed E-state index contributed by atoms with van der Waals surface area (Å²) < 4.78 is 5.64. The van der Waals surface area contributed by atoms with Crippen LogP contribution in [0, 0.1) is 6.92 Å². The van der Waals surface area contributed by atoms with E-state index in [0.29, 0.717) is 23.7 Å². The van der Waals surface area contributed by atoms with Crippen molar-refractivity contribution < 1.29 is 9.53 Å². The molecule has 2 rings (SSSR count). The minimum absolute atomic E-state index is 0.0207. The van der Waals surface area contributed by atoms with Gasteiger partial charge < -0.3 is 9.64 Å². The van der Waals surface area contributed by atoms with Crippen LogP contribution in [0.15, 0.2) is 18.2 Å². The van der Waals surface area contributed by atoms with Crippen molar-refractivity contribution in [3.8, 4) is 0 Å². The zero-order chi connectivity index (χ0) is 14.0. The second-order valence-corrected chi connectivity index (χ2v) is 6.02. The van der Waals surface area contributed by atoms with Crippen molar-refractivity contribution in [2.24, 2.45) is 0 Å². The Bertz CT molecular complexity index is 460. The van der Waals surface area contributed by atoms with Crippen LogP contribution in [0.5, 0.6) is 0 Å². The summed E-state index contributed by atoms with van der Waals surface area (Å²) in [6.07, 6.45) is 0.0560. The molecule has 0 radical (unpaired) electrons. The first-order chi connectivity index (χ1) is 9.01. The highest BCUT2D eigenvalue weighted by Crippen LogP contribution is 2.20. The van der Waals surface area contributed by atoms with E-state index in [-0.39, 0.29) is 18.1 Å². The van der Waals surface area contributed by atoms with Gasteiger partial charge in [-0.25, -0.2) is 0 Å². The molecule has 5 heteroatoms. The molecule has 2 atom stereocenters. The van der Waals surface area contributed by atoms with Gasteiger partial charge >= 0.3 is 0 Å². The highest BCUT2D eigenvalue weighted by Gasteiger charge is 2.29. The van der Waals surface area contributed by atoms with Gasteiger partial charge in [-0.2, -0.15) is 0 Å². The Morgan fingerprint density at radius 3 is 2.89 bits per heavy atom. The van der Waals surface area contributed by atoms with Crippen molar-refractivity contribution in [2.45, 2.75) is 26.0 Å². The summed E-state index contributed by atoms with van der Waals surface area (Å²) in [6, 6.07) is 5.53. The number of alkyl halides is 1. The summed E-state index contributed by atoms with van der Waals surface area (Å²) in [5.74, 6) is 0.0207. The lowest BCUT2D eigenvalue weighted by atomic mass is 10.1. The van der Waals surface area contributed by atoms with Crippen LogP contribution in [0.4, 0.5) is 0 Å². The van der Waals surface area contributed by atoms with E-state index >= 15 is 0 Å². The number of benzene rings is 1. The number of nitrogens with zero attached hydrogens (tertiary/aromatic N) is 1. The summed E-state index contributed by atoms with van der Waals surface area (Å²) in [6.45, 7) is 5.12. The van der Waals surface area contributed by atoms with Crippen molar-refractivity contribution >= 4 is 33.4 Å². The van der Waals surface area contributed by atoms with Crippen molar-refractivity contribution in [3.05, 3.63) is 34.3 Å². The van der Waals surface area contributed by atoms with Gasteiger partial charge in [0.1, 0.15) is 0 Å². The molecule has 19 heavy (non-hydrogen) atoms. The lowest BCUT2D eigenvalue weighted by molar-refractivity contribution is -0.0361. The van der Waals surface area contributed by atoms with E-state index in [1.54, 1.807) is 6.07 Å². The molecule has 1 saturated heterocycles. The number of aryl methyl sites for hydroxylation is 1. The second kappa shape index (κ2) is 6.25. The number of morpholine rings is 1. The third kappa shape index (κ3) is 3.50. The molecule has 0 aromatic heterocycles. The van der Waals surface area contributed by atoms with Gasteiger partial charge in [-0.05, 0) is 37.6 Å². The van der Waals surface area contributed by atoms with Crippen molar-refractivity contribution in [2.75, 3.05) is 18.5 Å². The molecule has 1 aromatic rings. The van der Waals surface area contributed by atoms with Crippen molar-refractivity contribution in [1.82, 2.24) is 4.90 Å². The van der Waals surface area contributed by atoms with Crippen molar-refractivity contribution in [1.29, 1.82) is 0 Å². The van der Waals surface area contributed by atoms with Crippen LogP contribution in [0.3, 0.4) is 0 Å². The fraction of sp³-hybridized carbons (Fsp3) is 0.500. The summed E-state index contributed by atoms with van der Waals surface area (Å²) in [4.78, 5) is 14.4. The minimum Gasteiger partial charge on any atom is -0.373 e. The van der Waals surface area contributed by atoms with E-state index in [2.05, 4.69) is 15.9 Å². The Labute approximate surface area is 127 Å². The average Bonchev–Trinajstić information content (AvgIpc) is 2.37. The molecular weight excluding hydrogens is 330 g/mol. The third-order valence-electron chi connectivity index (χ3n) is 3.23. The first kappa shape index (κ1) is 14.8. The Hall–Kier alpha value is -0.580. The first-order valence-electron chi connectivity index (χ1n) is 6.27.